The third-order valence-corrected chi connectivity index (χ3v) is 13.2. The molecule has 3 atom stereocenters. The molecule has 1 N–H and O–H groups in total. The average Bonchev–Trinajstić information content (AvgIpc) is 4.14. The van der Waals surface area contributed by atoms with E-state index in [1.165, 1.54) is 0 Å². The smallest absolute Gasteiger partial charge is 0.306 e. The van der Waals surface area contributed by atoms with Crippen molar-refractivity contribution in [1.29, 1.82) is 0 Å². The molecule has 0 saturated carbocycles. The van der Waals surface area contributed by atoms with Crippen LogP contribution in [-0.4, -0.2) is 67.9 Å². The first-order valence-electron chi connectivity index (χ1n) is 24.8. The van der Waals surface area contributed by atoms with Crippen LogP contribution in [-0.2, 0) is 41.8 Å². The molecule has 0 aliphatic carbocycles. The molecule has 0 aliphatic heterocycles. The number of aliphatic hydroxyl groups is 1. The van der Waals surface area contributed by atoms with Gasteiger partial charge in [-0.2, -0.15) is 0 Å². The van der Waals surface area contributed by atoms with Gasteiger partial charge < -0.3 is 42.1 Å². The Morgan fingerprint density at radius 2 is 1.00 bits per heavy atom. The summed E-state index contributed by atoms with van der Waals surface area (Å²) in [6.45, 7) is 24.5. The molecule has 16 nitrogen and oxygen atoms in total. The van der Waals surface area contributed by atoms with Crippen LogP contribution in [0.5, 0.6) is 0 Å². The molecule has 0 spiro atoms. The van der Waals surface area contributed by atoms with Crippen LogP contribution in [0.25, 0.3) is 22.9 Å². The molecule has 4 aromatic heterocycles. The average molecular weight is 1250 g/mol. The fourth-order valence-electron chi connectivity index (χ4n) is 7.45. The largest absolute Gasteiger partial charge is 0.460 e. The van der Waals surface area contributed by atoms with Crippen LogP contribution < -0.4 is 0 Å². The molecule has 1 unspecified atom stereocenters. The topological polar surface area (TPSA) is 212 Å². The molecule has 2 aromatic carbocycles. The first-order valence-corrected chi connectivity index (χ1v) is 27.0. The highest BCUT2D eigenvalue weighted by molar-refractivity contribution is 14.1. The number of hydrogen-bond donors (Lipinski definition) is 1. The molecule has 0 fully saturated rings. The number of ketones is 1. The lowest BCUT2D eigenvalue weighted by molar-refractivity contribution is -0.156. The molecule has 0 bridgehead atoms. The summed E-state index contributed by atoms with van der Waals surface area (Å²) in [7, 11) is 0. The molecule has 74 heavy (non-hydrogen) atoms. The van der Waals surface area contributed by atoms with Crippen molar-refractivity contribution in [3.05, 3.63) is 114 Å². The van der Waals surface area contributed by atoms with Crippen LogP contribution in [0.4, 0.5) is 0 Å². The highest BCUT2D eigenvalue weighted by Gasteiger charge is 2.33. The molecule has 0 radical (unpaired) electrons. The van der Waals surface area contributed by atoms with E-state index in [2.05, 4.69) is 65.8 Å². The normalized spacial score (nSPS) is 13.4. The Bertz CT molecular complexity index is 2700. The van der Waals surface area contributed by atoms with Crippen molar-refractivity contribution in [2.24, 2.45) is 10.8 Å². The molecule has 6 aromatic rings. The number of benzene rings is 2. The monoisotopic (exact) mass is 1250 g/mol. The summed E-state index contributed by atoms with van der Waals surface area (Å²) in [5, 5.41) is 27.3. The Labute approximate surface area is 462 Å². The number of hydrogen-bond acceptors (Lipinski definition) is 16. The molecule has 6 rings (SSSR count). The van der Waals surface area contributed by atoms with Crippen LogP contribution >= 0.6 is 45.2 Å². The second kappa shape index (κ2) is 26.8. The highest BCUT2D eigenvalue weighted by atomic mass is 127. The zero-order valence-electron chi connectivity index (χ0n) is 44.7. The second-order valence-electron chi connectivity index (χ2n) is 22.3. The fourth-order valence-corrected chi connectivity index (χ4v) is 9.28. The molecule has 18 heteroatoms. The summed E-state index contributed by atoms with van der Waals surface area (Å²) >= 11 is 4.31. The van der Waals surface area contributed by atoms with Crippen LogP contribution in [0.1, 0.15) is 178 Å². The van der Waals surface area contributed by atoms with Gasteiger partial charge in [-0.25, -0.2) is 0 Å². The van der Waals surface area contributed by atoms with E-state index in [9.17, 15) is 19.5 Å². The van der Waals surface area contributed by atoms with Crippen molar-refractivity contribution in [2.75, 3.05) is 13.2 Å². The standard InChI is InChI=1S/C28H37IN2O6.C28H35IN2O6/c2*1-27(2,3)26(33)21-16-20(30-36-21)25-23(29)24(31-37-25)19(15-22(32)35-28(4,5)6)13-10-14-34-17-18-11-8-7-9-12-18/h7-9,11-12,16,19,26,33H,10,13-15,17H2,1-6H3;7-9,11-12,16,19H,10,13-15,17H2,1-6H3/t19-,26?;19-/m00/s1. The first-order chi connectivity index (χ1) is 34.7. The first kappa shape index (κ1) is 60.1. The molecular weight excluding hydrogens is 1170 g/mol. The number of aliphatic hydroxyl groups excluding tert-OH is 1. The highest BCUT2D eigenvalue weighted by Crippen LogP contribution is 2.39. The Morgan fingerprint density at radius 1 is 0.581 bits per heavy atom. The summed E-state index contributed by atoms with van der Waals surface area (Å²) in [5.74, 6) is 0.174. The molecule has 0 aliphatic rings. The van der Waals surface area contributed by atoms with Gasteiger partial charge in [0.25, 0.3) is 0 Å². The van der Waals surface area contributed by atoms with Gasteiger partial charge in [0.1, 0.15) is 28.7 Å². The molecular formula is C56H72I2N4O12. The lowest BCUT2D eigenvalue weighted by Gasteiger charge is -2.22. The summed E-state index contributed by atoms with van der Waals surface area (Å²) in [4.78, 5) is 38.0. The van der Waals surface area contributed by atoms with Gasteiger partial charge in [0.2, 0.25) is 23.1 Å². The maximum atomic E-state index is 12.7. The van der Waals surface area contributed by atoms with E-state index in [1.54, 1.807) is 12.1 Å². The van der Waals surface area contributed by atoms with Gasteiger partial charge in [0, 0.05) is 42.6 Å². The fraction of sp³-hybridized carbons (Fsp3) is 0.518. The van der Waals surface area contributed by atoms with Gasteiger partial charge in [-0.15, -0.1) is 0 Å². The van der Waals surface area contributed by atoms with E-state index < -0.39 is 28.1 Å². The van der Waals surface area contributed by atoms with E-state index in [1.807, 2.05) is 144 Å². The number of nitrogens with zero attached hydrogens (tertiary/aromatic N) is 4. The second-order valence-corrected chi connectivity index (χ2v) is 24.5. The predicted molar refractivity (Wildman–Crippen MR) is 295 cm³/mol. The third-order valence-electron chi connectivity index (χ3n) is 11.2. The predicted octanol–water partition coefficient (Wildman–Crippen LogP) is 13.8. The van der Waals surface area contributed by atoms with Crippen LogP contribution in [0.3, 0.4) is 0 Å². The van der Waals surface area contributed by atoms with Gasteiger partial charge in [-0.3, -0.25) is 14.4 Å². The van der Waals surface area contributed by atoms with E-state index in [4.69, 9.17) is 37.0 Å². The number of Topliss-reactive ketones (excluding diaryl/α,β-unsaturated/α-hetero) is 1. The van der Waals surface area contributed by atoms with Gasteiger partial charge in [-0.1, -0.05) is 123 Å². The number of ether oxygens (including phenoxy) is 4. The van der Waals surface area contributed by atoms with E-state index in [-0.39, 0.29) is 48.2 Å². The van der Waals surface area contributed by atoms with Crippen molar-refractivity contribution in [3.8, 4) is 22.9 Å². The number of esters is 2. The van der Waals surface area contributed by atoms with E-state index in [0.29, 0.717) is 79.3 Å². The molecule has 0 saturated heterocycles. The molecule has 402 valence electrons. The number of halogens is 2. The van der Waals surface area contributed by atoms with Gasteiger partial charge in [0.05, 0.1) is 33.2 Å². The van der Waals surface area contributed by atoms with Crippen molar-refractivity contribution in [1.82, 2.24) is 20.6 Å². The maximum Gasteiger partial charge on any atom is 0.306 e. The number of carbonyl (C=O) groups is 3. The lowest BCUT2D eigenvalue weighted by atomic mass is 9.87. The van der Waals surface area contributed by atoms with Crippen LogP contribution in [0, 0.1) is 18.0 Å². The van der Waals surface area contributed by atoms with Gasteiger partial charge in [-0.05, 0) is 129 Å². The SMILES string of the molecule is CC(C)(C)OC(=O)C[C@H](CCCOCc1ccccc1)c1noc(-c2cc(C(=O)C(C)(C)C)on2)c1I.CC(C)(C)OC(=O)C[C@H](CCCOCc1ccccc1)c1noc(-c2cc(C(O)C(C)(C)C)on2)c1I. The van der Waals surface area contributed by atoms with Crippen molar-refractivity contribution in [3.63, 3.8) is 0 Å². The summed E-state index contributed by atoms with van der Waals surface area (Å²) < 4.78 is 46.3. The minimum absolute atomic E-state index is 0.153. The Kier molecular flexibility index (Phi) is 21.8. The van der Waals surface area contributed by atoms with E-state index in [0.717, 1.165) is 31.1 Å². The summed E-state index contributed by atoms with van der Waals surface area (Å²) in [5.41, 5.74) is 2.22. The number of aromatic nitrogens is 4. The molecule has 4 heterocycles. The maximum absolute atomic E-state index is 12.7. The van der Waals surface area contributed by atoms with Crippen LogP contribution in [0.15, 0.2) is 90.9 Å². The minimum atomic E-state index is -0.815. The van der Waals surface area contributed by atoms with Crippen LogP contribution in [0.2, 0.25) is 0 Å². The lowest BCUT2D eigenvalue weighted by Crippen LogP contribution is -2.25. The quantitative estimate of drug-likeness (QED) is 0.0290. The molecule has 0 amide bonds. The Hall–Kier alpha value is -4.77. The Morgan fingerprint density at radius 3 is 1.41 bits per heavy atom. The van der Waals surface area contributed by atoms with Crippen molar-refractivity contribution >= 4 is 62.9 Å². The summed E-state index contributed by atoms with van der Waals surface area (Å²) in [6.07, 6.45) is 2.31. The van der Waals surface area contributed by atoms with E-state index >= 15 is 0 Å². The van der Waals surface area contributed by atoms with Crippen molar-refractivity contribution in [2.45, 2.75) is 164 Å². The zero-order valence-corrected chi connectivity index (χ0v) is 49.0. The van der Waals surface area contributed by atoms with Crippen molar-refractivity contribution < 1.29 is 56.5 Å². The van der Waals surface area contributed by atoms with Gasteiger partial charge in [0.15, 0.2) is 17.1 Å². The Balaban J connectivity index is 0.000000274. The number of rotatable bonds is 22. The zero-order chi connectivity index (χ0) is 54.4. The third kappa shape index (κ3) is 18.8. The number of carbonyl (C=O) groups excluding carboxylic acids is 3. The van der Waals surface area contributed by atoms with Gasteiger partial charge >= 0.3 is 11.9 Å². The summed E-state index contributed by atoms with van der Waals surface area (Å²) in [6, 6.07) is 23.2. The minimum Gasteiger partial charge on any atom is -0.460 e.